The first-order valence-electron chi connectivity index (χ1n) is 5.38. The van der Waals surface area contributed by atoms with Gasteiger partial charge in [-0.25, -0.2) is 0 Å². The van der Waals surface area contributed by atoms with Gasteiger partial charge in [0.05, 0.1) is 0 Å². The van der Waals surface area contributed by atoms with Crippen LogP contribution in [-0.4, -0.2) is 17.5 Å². The van der Waals surface area contributed by atoms with Crippen LogP contribution in [0.4, 0.5) is 0 Å². The van der Waals surface area contributed by atoms with Crippen molar-refractivity contribution in [3.8, 4) is 0 Å². The summed E-state index contributed by atoms with van der Waals surface area (Å²) in [6.07, 6.45) is 0. The molecule has 0 heterocycles. The van der Waals surface area contributed by atoms with Crippen molar-refractivity contribution in [2.75, 3.05) is 12.4 Å². The molecule has 1 nitrogen and oxygen atoms in total. The Labute approximate surface area is 96.9 Å². The molecule has 0 bridgehead atoms. The molecular weight excluding hydrogens is 204 g/mol. The molecular formula is C13H20OS. The maximum absolute atomic E-state index is 8.93. The fourth-order valence-corrected chi connectivity index (χ4v) is 2.78. The van der Waals surface area contributed by atoms with Crippen LogP contribution in [0.1, 0.15) is 23.6 Å². The molecule has 0 amide bonds. The first kappa shape index (κ1) is 12.6. The van der Waals surface area contributed by atoms with E-state index in [4.69, 9.17) is 5.11 Å². The van der Waals surface area contributed by atoms with Crippen LogP contribution in [0.3, 0.4) is 0 Å². The molecule has 0 aliphatic rings. The second kappa shape index (κ2) is 6.19. The van der Waals surface area contributed by atoms with Gasteiger partial charge in [-0.1, -0.05) is 25.1 Å². The van der Waals surface area contributed by atoms with Gasteiger partial charge in [0.15, 0.2) is 0 Å². The number of benzene rings is 1. The van der Waals surface area contributed by atoms with Gasteiger partial charge in [-0.2, -0.15) is 11.8 Å². The van der Waals surface area contributed by atoms with Crippen molar-refractivity contribution in [2.24, 2.45) is 5.92 Å². The average molecular weight is 224 g/mol. The van der Waals surface area contributed by atoms with Gasteiger partial charge in [0.2, 0.25) is 0 Å². The molecule has 1 N–H and O–H groups in total. The maximum Gasteiger partial charge on any atom is 0.0464 e. The Morgan fingerprint density at radius 2 is 1.87 bits per heavy atom. The summed E-state index contributed by atoms with van der Waals surface area (Å²) in [5, 5.41) is 8.93. The molecule has 1 rings (SSSR count). The molecule has 0 saturated carbocycles. The molecule has 0 spiro atoms. The van der Waals surface area contributed by atoms with E-state index in [-0.39, 0.29) is 0 Å². The van der Waals surface area contributed by atoms with Crippen LogP contribution in [-0.2, 0) is 5.75 Å². The Morgan fingerprint density at radius 3 is 2.40 bits per heavy atom. The highest BCUT2D eigenvalue weighted by Crippen LogP contribution is 2.21. The summed E-state index contributed by atoms with van der Waals surface area (Å²) in [4.78, 5) is 0. The van der Waals surface area contributed by atoms with E-state index in [9.17, 15) is 0 Å². The number of hydrogen-bond acceptors (Lipinski definition) is 2. The molecule has 0 saturated heterocycles. The predicted molar refractivity (Wildman–Crippen MR) is 68.3 cm³/mol. The highest BCUT2D eigenvalue weighted by atomic mass is 32.2. The summed E-state index contributed by atoms with van der Waals surface area (Å²) in [5.41, 5.74) is 4.20. The zero-order valence-corrected chi connectivity index (χ0v) is 10.6. The topological polar surface area (TPSA) is 20.2 Å². The highest BCUT2D eigenvalue weighted by molar-refractivity contribution is 7.98. The van der Waals surface area contributed by atoms with Crippen LogP contribution in [0, 0.1) is 19.8 Å². The molecule has 1 unspecified atom stereocenters. The normalized spacial score (nSPS) is 12.8. The van der Waals surface area contributed by atoms with Gasteiger partial charge in [-0.15, -0.1) is 0 Å². The molecule has 0 radical (unpaired) electrons. The van der Waals surface area contributed by atoms with Crippen LogP contribution in [0.15, 0.2) is 18.2 Å². The third-order valence-electron chi connectivity index (χ3n) is 2.60. The number of hydrogen-bond donors (Lipinski definition) is 1. The van der Waals surface area contributed by atoms with Gasteiger partial charge in [-0.3, -0.25) is 0 Å². The van der Waals surface area contributed by atoms with Gasteiger partial charge in [0.25, 0.3) is 0 Å². The lowest BCUT2D eigenvalue weighted by Crippen LogP contribution is -2.04. The number of rotatable bonds is 5. The Kier molecular flexibility index (Phi) is 5.20. The summed E-state index contributed by atoms with van der Waals surface area (Å²) >= 11 is 1.91. The lowest BCUT2D eigenvalue weighted by Gasteiger charge is -2.11. The van der Waals surface area contributed by atoms with Gasteiger partial charge in [0.1, 0.15) is 0 Å². The monoisotopic (exact) mass is 224 g/mol. The average Bonchev–Trinajstić information content (AvgIpc) is 2.22. The zero-order valence-electron chi connectivity index (χ0n) is 9.79. The lowest BCUT2D eigenvalue weighted by molar-refractivity contribution is 0.250. The number of thioether (sulfide) groups is 1. The Hall–Kier alpha value is -0.470. The maximum atomic E-state index is 8.93. The molecule has 2 heteroatoms. The fourth-order valence-electron chi connectivity index (χ4n) is 1.49. The molecule has 1 aromatic rings. The van der Waals surface area contributed by atoms with E-state index in [0.717, 1.165) is 11.5 Å². The van der Waals surface area contributed by atoms with Crippen molar-refractivity contribution in [3.63, 3.8) is 0 Å². The van der Waals surface area contributed by atoms with E-state index >= 15 is 0 Å². The summed E-state index contributed by atoms with van der Waals surface area (Å²) in [6, 6.07) is 6.44. The molecule has 15 heavy (non-hydrogen) atoms. The largest absolute Gasteiger partial charge is 0.396 e. The molecule has 1 atom stereocenters. The Bertz CT molecular complexity index is 289. The number of aryl methyl sites for hydroxylation is 2. The minimum Gasteiger partial charge on any atom is -0.396 e. The Morgan fingerprint density at radius 1 is 1.27 bits per heavy atom. The Balaban J connectivity index is 2.50. The van der Waals surface area contributed by atoms with Crippen LogP contribution in [0.25, 0.3) is 0 Å². The number of aliphatic hydroxyl groups is 1. The molecule has 0 fully saturated rings. The van der Waals surface area contributed by atoms with Gasteiger partial charge >= 0.3 is 0 Å². The minimum absolute atomic E-state index is 0.291. The SMILES string of the molecule is Cc1cccc(C)c1CSCC(C)CO. The third-order valence-corrected chi connectivity index (χ3v) is 3.90. The van der Waals surface area contributed by atoms with Crippen molar-refractivity contribution in [1.29, 1.82) is 0 Å². The summed E-state index contributed by atoms with van der Waals surface area (Å²) in [7, 11) is 0. The van der Waals surface area contributed by atoms with Gasteiger partial charge in [-0.05, 0) is 42.2 Å². The van der Waals surface area contributed by atoms with Gasteiger partial charge in [0, 0.05) is 12.4 Å². The van der Waals surface area contributed by atoms with E-state index in [1.807, 2.05) is 11.8 Å². The smallest absolute Gasteiger partial charge is 0.0464 e. The van der Waals surface area contributed by atoms with Crippen molar-refractivity contribution >= 4 is 11.8 Å². The zero-order chi connectivity index (χ0) is 11.3. The van der Waals surface area contributed by atoms with E-state index < -0.39 is 0 Å². The second-order valence-electron chi connectivity index (χ2n) is 4.17. The standard InChI is InChI=1S/C13H20OS/c1-10(7-14)8-15-9-13-11(2)5-4-6-12(13)3/h4-6,10,14H,7-9H2,1-3H3. The quantitative estimate of drug-likeness (QED) is 0.829. The molecule has 0 aromatic heterocycles. The third kappa shape index (κ3) is 3.88. The number of aliphatic hydroxyl groups excluding tert-OH is 1. The fraction of sp³-hybridized carbons (Fsp3) is 0.538. The minimum atomic E-state index is 0.291. The molecule has 1 aromatic carbocycles. The summed E-state index contributed by atoms with van der Waals surface area (Å²) in [6.45, 7) is 6.70. The van der Waals surface area contributed by atoms with Crippen molar-refractivity contribution in [2.45, 2.75) is 26.5 Å². The first-order chi connectivity index (χ1) is 7.15. The van der Waals surface area contributed by atoms with E-state index in [2.05, 4.69) is 39.0 Å². The van der Waals surface area contributed by atoms with Gasteiger partial charge < -0.3 is 5.11 Å². The predicted octanol–water partition coefficient (Wildman–Crippen LogP) is 3.17. The van der Waals surface area contributed by atoms with Crippen LogP contribution in [0.2, 0.25) is 0 Å². The summed E-state index contributed by atoms with van der Waals surface area (Å²) < 4.78 is 0. The van der Waals surface area contributed by atoms with Crippen molar-refractivity contribution in [3.05, 3.63) is 34.9 Å². The molecule has 84 valence electrons. The molecule has 0 aliphatic carbocycles. The van der Waals surface area contributed by atoms with Crippen LogP contribution < -0.4 is 0 Å². The molecule has 0 aliphatic heterocycles. The summed E-state index contributed by atoms with van der Waals surface area (Å²) in [5.74, 6) is 2.49. The van der Waals surface area contributed by atoms with Crippen molar-refractivity contribution in [1.82, 2.24) is 0 Å². The van der Waals surface area contributed by atoms with E-state index in [1.54, 1.807) is 0 Å². The van der Waals surface area contributed by atoms with Crippen LogP contribution >= 0.6 is 11.8 Å². The lowest BCUT2D eigenvalue weighted by atomic mass is 10.1. The van der Waals surface area contributed by atoms with E-state index in [1.165, 1.54) is 16.7 Å². The van der Waals surface area contributed by atoms with E-state index in [0.29, 0.717) is 12.5 Å². The van der Waals surface area contributed by atoms with Crippen LogP contribution in [0.5, 0.6) is 0 Å². The first-order valence-corrected chi connectivity index (χ1v) is 6.54. The second-order valence-corrected chi connectivity index (χ2v) is 5.20. The van der Waals surface area contributed by atoms with Crippen molar-refractivity contribution < 1.29 is 5.11 Å². The highest BCUT2D eigenvalue weighted by Gasteiger charge is 2.04.